The van der Waals surface area contributed by atoms with Gasteiger partial charge >= 0.3 is 5.97 Å². The molecule has 0 aliphatic carbocycles. The van der Waals surface area contributed by atoms with Gasteiger partial charge in [0.15, 0.2) is 0 Å². The molecule has 0 spiro atoms. The maximum atomic E-state index is 11.4. The molecule has 0 saturated heterocycles. The van der Waals surface area contributed by atoms with Crippen LogP contribution in [0, 0.1) is 0 Å². The van der Waals surface area contributed by atoms with Gasteiger partial charge in [-0.15, -0.1) is 12.4 Å². The van der Waals surface area contributed by atoms with E-state index in [2.05, 4.69) is 11.8 Å². The number of nitrogens with two attached hydrogens (primary N) is 1. The van der Waals surface area contributed by atoms with E-state index in [9.17, 15) is 4.79 Å². The van der Waals surface area contributed by atoms with Crippen LogP contribution in [-0.4, -0.2) is 37.6 Å². The Labute approximate surface area is 115 Å². The minimum absolute atomic E-state index is 0. The van der Waals surface area contributed by atoms with Gasteiger partial charge in [-0.1, -0.05) is 12.1 Å². The molecule has 1 atom stereocenters. The molecule has 1 rings (SSSR count). The van der Waals surface area contributed by atoms with Crippen LogP contribution in [0.3, 0.4) is 0 Å². The third kappa shape index (κ3) is 4.64. The van der Waals surface area contributed by atoms with E-state index in [4.69, 9.17) is 10.5 Å². The summed E-state index contributed by atoms with van der Waals surface area (Å²) in [7, 11) is 3.40. The number of carbonyl (C=O) groups excluding carboxylic acids is 1. The first kappa shape index (κ1) is 16.9. The Kier molecular flexibility index (Phi) is 7.59. The molecule has 0 heterocycles. The van der Waals surface area contributed by atoms with Gasteiger partial charge in [-0.2, -0.15) is 0 Å². The Hall–Kier alpha value is -1.10. The van der Waals surface area contributed by atoms with Gasteiger partial charge in [-0.05, 0) is 31.7 Å². The lowest BCUT2D eigenvalue weighted by Gasteiger charge is -2.23. The molecule has 2 N–H and O–H groups in total. The number of ether oxygens (including phenoxy) is 1. The third-order valence-corrected chi connectivity index (χ3v) is 2.87. The molecule has 5 heteroatoms. The summed E-state index contributed by atoms with van der Waals surface area (Å²) in [5, 5.41) is 0. The summed E-state index contributed by atoms with van der Waals surface area (Å²) in [6, 6.07) is 7.78. The van der Waals surface area contributed by atoms with Crippen LogP contribution in [0.15, 0.2) is 24.3 Å². The molecule has 18 heavy (non-hydrogen) atoms. The normalized spacial score (nSPS) is 11.8. The zero-order chi connectivity index (χ0) is 12.8. The van der Waals surface area contributed by atoms with Crippen molar-refractivity contribution in [3.05, 3.63) is 35.4 Å². The second-order valence-electron chi connectivity index (χ2n) is 4.19. The standard InChI is InChI=1S/C13H20N2O2.ClH/c1-10(8-14)15(2)9-11-5-4-6-12(7-11)13(16)17-3;/h4-7,10H,8-9,14H2,1-3H3;1H. The highest BCUT2D eigenvalue weighted by Gasteiger charge is 2.10. The molecule has 4 nitrogen and oxygen atoms in total. The van der Waals surface area contributed by atoms with Crippen LogP contribution in [0.2, 0.25) is 0 Å². The van der Waals surface area contributed by atoms with Gasteiger partial charge in [-0.3, -0.25) is 4.90 Å². The maximum Gasteiger partial charge on any atom is 0.337 e. The van der Waals surface area contributed by atoms with Crippen molar-refractivity contribution in [2.45, 2.75) is 19.5 Å². The molecule has 0 aliphatic heterocycles. The molecule has 102 valence electrons. The highest BCUT2D eigenvalue weighted by Crippen LogP contribution is 2.10. The predicted octanol–water partition coefficient (Wildman–Crippen LogP) is 1.67. The van der Waals surface area contributed by atoms with E-state index in [1.54, 1.807) is 6.07 Å². The number of likely N-dealkylation sites (N-methyl/N-ethyl adjacent to an activating group) is 1. The van der Waals surface area contributed by atoms with E-state index in [1.807, 2.05) is 25.2 Å². The van der Waals surface area contributed by atoms with Crippen LogP contribution in [0.1, 0.15) is 22.8 Å². The Morgan fingerprint density at radius 3 is 2.72 bits per heavy atom. The minimum Gasteiger partial charge on any atom is -0.465 e. The second-order valence-corrected chi connectivity index (χ2v) is 4.19. The Balaban J connectivity index is 0.00000289. The largest absolute Gasteiger partial charge is 0.465 e. The van der Waals surface area contributed by atoms with Crippen molar-refractivity contribution in [2.24, 2.45) is 5.73 Å². The van der Waals surface area contributed by atoms with Gasteiger partial charge in [-0.25, -0.2) is 4.79 Å². The highest BCUT2D eigenvalue weighted by molar-refractivity contribution is 5.89. The van der Waals surface area contributed by atoms with E-state index in [0.29, 0.717) is 18.2 Å². The van der Waals surface area contributed by atoms with Gasteiger partial charge in [0.1, 0.15) is 0 Å². The van der Waals surface area contributed by atoms with E-state index >= 15 is 0 Å². The van der Waals surface area contributed by atoms with Crippen molar-refractivity contribution in [1.29, 1.82) is 0 Å². The summed E-state index contributed by atoms with van der Waals surface area (Å²) in [6.45, 7) is 3.46. The predicted molar refractivity (Wildman–Crippen MR) is 75.0 cm³/mol. The second kappa shape index (κ2) is 8.08. The Bertz CT molecular complexity index is 385. The Morgan fingerprint density at radius 1 is 1.50 bits per heavy atom. The summed E-state index contributed by atoms with van der Waals surface area (Å²) in [5.74, 6) is -0.304. The van der Waals surface area contributed by atoms with Crippen LogP contribution < -0.4 is 5.73 Å². The van der Waals surface area contributed by atoms with Gasteiger partial charge in [0, 0.05) is 19.1 Å². The lowest BCUT2D eigenvalue weighted by atomic mass is 10.1. The summed E-state index contributed by atoms with van der Waals surface area (Å²) in [4.78, 5) is 13.5. The van der Waals surface area contributed by atoms with Crippen LogP contribution in [-0.2, 0) is 11.3 Å². The molecule has 0 aromatic heterocycles. The van der Waals surface area contributed by atoms with Crippen LogP contribution in [0.25, 0.3) is 0 Å². The highest BCUT2D eigenvalue weighted by atomic mass is 35.5. The fourth-order valence-corrected chi connectivity index (χ4v) is 1.54. The van der Waals surface area contributed by atoms with Gasteiger partial charge < -0.3 is 10.5 Å². The lowest BCUT2D eigenvalue weighted by Crippen LogP contribution is -2.34. The van der Waals surface area contributed by atoms with E-state index < -0.39 is 0 Å². The van der Waals surface area contributed by atoms with Crippen molar-refractivity contribution >= 4 is 18.4 Å². The van der Waals surface area contributed by atoms with E-state index in [1.165, 1.54) is 7.11 Å². The summed E-state index contributed by atoms with van der Waals surface area (Å²) >= 11 is 0. The molecule has 0 amide bonds. The fourth-order valence-electron chi connectivity index (χ4n) is 1.54. The van der Waals surface area contributed by atoms with Gasteiger partial charge in [0.25, 0.3) is 0 Å². The summed E-state index contributed by atoms with van der Waals surface area (Å²) < 4.78 is 4.69. The molecule has 0 aliphatic rings. The zero-order valence-corrected chi connectivity index (χ0v) is 11.9. The van der Waals surface area contributed by atoms with Crippen molar-refractivity contribution in [2.75, 3.05) is 20.7 Å². The molecule has 0 bridgehead atoms. The average molecular weight is 273 g/mol. The van der Waals surface area contributed by atoms with Crippen molar-refractivity contribution in [3.8, 4) is 0 Å². The van der Waals surface area contributed by atoms with Crippen molar-refractivity contribution < 1.29 is 9.53 Å². The molecule has 0 saturated carbocycles. The van der Waals surface area contributed by atoms with Gasteiger partial charge in [0.05, 0.1) is 12.7 Å². The molecule has 1 aromatic rings. The number of nitrogens with zero attached hydrogens (tertiary/aromatic N) is 1. The van der Waals surface area contributed by atoms with Crippen molar-refractivity contribution in [3.63, 3.8) is 0 Å². The lowest BCUT2D eigenvalue weighted by molar-refractivity contribution is 0.0600. The molecule has 1 aromatic carbocycles. The smallest absolute Gasteiger partial charge is 0.337 e. The van der Waals surface area contributed by atoms with E-state index in [0.717, 1.165) is 12.1 Å². The molecule has 1 unspecified atom stereocenters. The minimum atomic E-state index is -0.304. The van der Waals surface area contributed by atoms with Crippen LogP contribution in [0.4, 0.5) is 0 Å². The number of hydrogen-bond donors (Lipinski definition) is 1. The Morgan fingerprint density at radius 2 is 2.17 bits per heavy atom. The number of methoxy groups -OCH3 is 1. The summed E-state index contributed by atoms with van der Waals surface area (Å²) in [5.41, 5.74) is 7.27. The zero-order valence-electron chi connectivity index (χ0n) is 11.1. The number of benzene rings is 1. The summed E-state index contributed by atoms with van der Waals surface area (Å²) in [6.07, 6.45) is 0. The quantitative estimate of drug-likeness (QED) is 0.829. The topological polar surface area (TPSA) is 55.6 Å². The fraction of sp³-hybridized carbons (Fsp3) is 0.462. The monoisotopic (exact) mass is 272 g/mol. The van der Waals surface area contributed by atoms with Crippen LogP contribution >= 0.6 is 12.4 Å². The first-order chi connectivity index (χ1) is 8.08. The number of rotatable bonds is 5. The number of carbonyl (C=O) groups is 1. The van der Waals surface area contributed by atoms with Crippen LogP contribution in [0.5, 0.6) is 0 Å². The molecule has 0 fully saturated rings. The first-order valence-electron chi connectivity index (χ1n) is 5.66. The third-order valence-electron chi connectivity index (χ3n) is 2.87. The van der Waals surface area contributed by atoms with Crippen molar-refractivity contribution in [1.82, 2.24) is 4.90 Å². The maximum absolute atomic E-state index is 11.4. The number of halogens is 1. The molecular formula is C13H21ClN2O2. The SMILES string of the molecule is COC(=O)c1cccc(CN(C)C(C)CN)c1.Cl. The van der Waals surface area contributed by atoms with Gasteiger partial charge in [0.2, 0.25) is 0 Å². The average Bonchev–Trinajstić information content (AvgIpc) is 2.37. The molecular weight excluding hydrogens is 252 g/mol. The number of hydrogen-bond acceptors (Lipinski definition) is 4. The van der Waals surface area contributed by atoms with E-state index in [-0.39, 0.29) is 18.4 Å². The molecule has 0 radical (unpaired) electrons. The first-order valence-corrected chi connectivity index (χ1v) is 5.66. The number of esters is 1.